The van der Waals surface area contributed by atoms with Crippen molar-refractivity contribution in [1.82, 2.24) is 24.9 Å². The minimum atomic E-state index is -0.778. The molecular formula is C36H68N6O9. The Labute approximate surface area is 306 Å². The van der Waals surface area contributed by atoms with Crippen LogP contribution in [0.2, 0.25) is 0 Å². The summed E-state index contributed by atoms with van der Waals surface area (Å²) >= 11 is 0. The Hall–Kier alpha value is -2.85. The van der Waals surface area contributed by atoms with Crippen molar-refractivity contribution in [2.24, 2.45) is 5.73 Å². The SMILES string of the molecule is CCOC(=O)CN1CCN(CC(=O)OC(C)(C)C)CCN(C(CCC(=O)NCCCN)C(=O)OC(C)(C)C)CCN(CC(=O)OC(C)(C)C)CC1. The van der Waals surface area contributed by atoms with E-state index in [0.717, 1.165) is 0 Å². The van der Waals surface area contributed by atoms with Crippen LogP contribution in [0.15, 0.2) is 0 Å². The number of ether oxygens (including phenoxy) is 4. The first-order chi connectivity index (χ1) is 23.6. The predicted molar refractivity (Wildman–Crippen MR) is 195 cm³/mol. The molecule has 1 rings (SSSR count). The maximum absolute atomic E-state index is 13.8. The molecule has 0 radical (unpaired) electrons. The minimum Gasteiger partial charge on any atom is -0.465 e. The van der Waals surface area contributed by atoms with Crippen molar-refractivity contribution >= 4 is 29.8 Å². The van der Waals surface area contributed by atoms with Crippen LogP contribution in [-0.2, 0) is 42.9 Å². The zero-order valence-corrected chi connectivity index (χ0v) is 33.1. The van der Waals surface area contributed by atoms with Crippen LogP contribution in [0.3, 0.4) is 0 Å². The van der Waals surface area contributed by atoms with Crippen molar-refractivity contribution in [2.45, 2.75) is 111 Å². The smallest absolute Gasteiger partial charge is 0.323 e. The number of nitrogens with two attached hydrogens (primary N) is 1. The average molecular weight is 729 g/mol. The highest BCUT2D eigenvalue weighted by Crippen LogP contribution is 2.17. The molecule has 0 aromatic heterocycles. The maximum Gasteiger partial charge on any atom is 0.323 e. The van der Waals surface area contributed by atoms with Crippen LogP contribution in [0.5, 0.6) is 0 Å². The summed E-state index contributed by atoms with van der Waals surface area (Å²) in [5, 5.41) is 2.86. The lowest BCUT2D eigenvalue weighted by molar-refractivity contribution is -0.163. The molecule has 296 valence electrons. The summed E-state index contributed by atoms with van der Waals surface area (Å²) in [6.45, 7) is 22.4. The Balaban J connectivity index is 3.50. The largest absolute Gasteiger partial charge is 0.465 e. The Morgan fingerprint density at radius 3 is 1.45 bits per heavy atom. The lowest BCUT2D eigenvalue weighted by atomic mass is 10.1. The van der Waals surface area contributed by atoms with Crippen LogP contribution in [0, 0.1) is 0 Å². The van der Waals surface area contributed by atoms with E-state index in [2.05, 4.69) is 5.32 Å². The fourth-order valence-corrected chi connectivity index (χ4v) is 5.35. The first-order valence-corrected chi connectivity index (χ1v) is 18.3. The summed E-state index contributed by atoms with van der Waals surface area (Å²) in [4.78, 5) is 73.0. The summed E-state index contributed by atoms with van der Waals surface area (Å²) < 4.78 is 22.4. The summed E-state index contributed by atoms with van der Waals surface area (Å²) in [6, 6.07) is -0.778. The highest BCUT2D eigenvalue weighted by Gasteiger charge is 2.33. The second kappa shape index (κ2) is 22.3. The predicted octanol–water partition coefficient (Wildman–Crippen LogP) is 1.41. The molecule has 0 bridgehead atoms. The molecule has 0 aromatic rings. The first-order valence-electron chi connectivity index (χ1n) is 18.3. The zero-order chi connectivity index (χ0) is 38.8. The minimum absolute atomic E-state index is 0.00375. The molecule has 3 N–H and O–H groups in total. The van der Waals surface area contributed by atoms with Crippen LogP contribution in [0.25, 0.3) is 0 Å². The Bertz CT molecular complexity index is 1050. The van der Waals surface area contributed by atoms with E-state index in [9.17, 15) is 24.0 Å². The van der Waals surface area contributed by atoms with Gasteiger partial charge in [0.25, 0.3) is 0 Å². The second-order valence-corrected chi connectivity index (χ2v) is 15.9. The van der Waals surface area contributed by atoms with Gasteiger partial charge in [0.2, 0.25) is 5.91 Å². The van der Waals surface area contributed by atoms with E-state index < -0.39 is 28.8 Å². The summed E-state index contributed by atoms with van der Waals surface area (Å²) in [5.74, 6) is -1.78. The van der Waals surface area contributed by atoms with Crippen LogP contribution in [-0.4, -0.2) is 164 Å². The lowest BCUT2D eigenvalue weighted by Crippen LogP contribution is -2.53. The number of rotatable bonds is 15. The topological polar surface area (TPSA) is 173 Å². The van der Waals surface area contributed by atoms with Crippen molar-refractivity contribution < 1.29 is 42.9 Å². The molecule has 0 saturated carbocycles. The third kappa shape index (κ3) is 22.6. The van der Waals surface area contributed by atoms with E-state index in [4.69, 9.17) is 24.7 Å². The monoisotopic (exact) mass is 729 g/mol. The Morgan fingerprint density at radius 1 is 0.647 bits per heavy atom. The van der Waals surface area contributed by atoms with Crippen LogP contribution in [0.1, 0.15) is 88.5 Å². The summed E-state index contributed by atoms with van der Waals surface area (Å²) in [6.07, 6.45) is 0.942. The Morgan fingerprint density at radius 2 is 1.06 bits per heavy atom. The highest BCUT2D eigenvalue weighted by molar-refractivity contribution is 5.79. The molecule has 1 unspecified atom stereocenters. The molecule has 1 fully saturated rings. The molecule has 1 heterocycles. The second-order valence-electron chi connectivity index (χ2n) is 15.9. The van der Waals surface area contributed by atoms with Crippen molar-refractivity contribution in [1.29, 1.82) is 0 Å². The van der Waals surface area contributed by atoms with Gasteiger partial charge in [0.15, 0.2) is 0 Å². The van der Waals surface area contributed by atoms with E-state index in [1.54, 1.807) is 27.7 Å². The van der Waals surface area contributed by atoms with Gasteiger partial charge in [0.1, 0.15) is 22.8 Å². The lowest BCUT2D eigenvalue weighted by Gasteiger charge is -2.37. The molecule has 1 atom stereocenters. The fourth-order valence-electron chi connectivity index (χ4n) is 5.35. The number of hydrogen-bond donors (Lipinski definition) is 2. The Kier molecular flexibility index (Phi) is 20.2. The van der Waals surface area contributed by atoms with Gasteiger partial charge in [-0.1, -0.05) is 0 Å². The van der Waals surface area contributed by atoms with Gasteiger partial charge in [-0.25, -0.2) is 0 Å². The summed E-state index contributed by atoms with van der Waals surface area (Å²) in [5.41, 5.74) is 3.47. The van der Waals surface area contributed by atoms with E-state index in [-0.39, 0.29) is 62.9 Å². The van der Waals surface area contributed by atoms with Crippen molar-refractivity contribution in [3.63, 3.8) is 0 Å². The van der Waals surface area contributed by atoms with Gasteiger partial charge in [-0.3, -0.25) is 43.6 Å². The number of hydrogen-bond acceptors (Lipinski definition) is 14. The number of carbonyl (C=O) groups is 5. The highest BCUT2D eigenvalue weighted by atomic mass is 16.6. The summed E-state index contributed by atoms with van der Waals surface area (Å²) in [7, 11) is 0. The number of amides is 1. The van der Waals surface area contributed by atoms with Gasteiger partial charge < -0.3 is 30.0 Å². The van der Waals surface area contributed by atoms with Gasteiger partial charge in [-0.15, -0.1) is 0 Å². The van der Waals surface area contributed by atoms with Crippen molar-refractivity contribution in [3.05, 3.63) is 0 Å². The van der Waals surface area contributed by atoms with E-state index in [0.29, 0.717) is 71.9 Å². The molecule has 1 aliphatic heterocycles. The third-order valence-electron chi connectivity index (χ3n) is 7.54. The number of carbonyl (C=O) groups excluding carboxylic acids is 5. The van der Waals surface area contributed by atoms with Crippen LogP contribution >= 0.6 is 0 Å². The first kappa shape index (κ1) is 46.2. The van der Waals surface area contributed by atoms with Gasteiger partial charge in [-0.2, -0.15) is 0 Å². The van der Waals surface area contributed by atoms with E-state index >= 15 is 0 Å². The standard InChI is InChI=1S/C36H68N6O9/c1-11-48-30(44)25-39-17-19-40(26-31(45)49-34(2,3)4)21-23-42(24-22-41(20-18-39)27-32(46)50-35(5,6)7)28(33(47)51-36(8,9)10)13-14-29(43)38-16-12-15-37/h28H,11-27,37H2,1-10H3,(H,38,43). The molecule has 0 aromatic carbocycles. The molecule has 1 saturated heterocycles. The molecule has 1 aliphatic rings. The molecule has 15 nitrogen and oxygen atoms in total. The number of nitrogens with zero attached hydrogens (tertiary/aromatic N) is 4. The van der Waals surface area contributed by atoms with E-state index in [1.165, 1.54) is 0 Å². The zero-order valence-electron chi connectivity index (χ0n) is 33.1. The maximum atomic E-state index is 13.8. The fraction of sp³-hybridized carbons (Fsp3) is 0.861. The molecule has 0 aliphatic carbocycles. The molecule has 1 amide bonds. The molecule has 0 spiro atoms. The quantitative estimate of drug-likeness (QED) is 0.141. The normalized spacial score (nSPS) is 17.4. The van der Waals surface area contributed by atoms with Crippen molar-refractivity contribution in [3.8, 4) is 0 Å². The van der Waals surface area contributed by atoms with Gasteiger partial charge in [0.05, 0.1) is 26.2 Å². The number of nitrogens with one attached hydrogen (secondary N) is 1. The van der Waals surface area contributed by atoms with Crippen LogP contribution in [0.4, 0.5) is 0 Å². The van der Waals surface area contributed by atoms with E-state index in [1.807, 2.05) is 61.1 Å². The van der Waals surface area contributed by atoms with Crippen molar-refractivity contribution in [2.75, 3.05) is 91.7 Å². The molecule has 15 heteroatoms. The van der Waals surface area contributed by atoms with Gasteiger partial charge in [-0.05, 0) is 88.6 Å². The number of esters is 4. The van der Waals surface area contributed by atoms with Gasteiger partial charge in [0, 0.05) is 65.3 Å². The third-order valence-corrected chi connectivity index (χ3v) is 7.54. The van der Waals surface area contributed by atoms with Crippen LogP contribution < -0.4 is 11.1 Å². The van der Waals surface area contributed by atoms with Gasteiger partial charge >= 0.3 is 23.9 Å². The average Bonchev–Trinajstić information content (AvgIpc) is 2.95. The molecular weight excluding hydrogens is 660 g/mol. The molecule has 51 heavy (non-hydrogen) atoms.